The first-order valence-corrected chi connectivity index (χ1v) is 3.68. The van der Waals surface area contributed by atoms with Gasteiger partial charge in [-0.05, 0) is 17.7 Å². The maximum absolute atomic E-state index is 10.4. The van der Waals surface area contributed by atoms with Gasteiger partial charge in [0.1, 0.15) is 5.75 Å². The summed E-state index contributed by atoms with van der Waals surface area (Å²) in [7, 11) is 1.53. The van der Waals surface area contributed by atoms with Crippen molar-refractivity contribution in [3.05, 3.63) is 36.1 Å². The number of benzene rings is 1. The molecule has 0 heterocycles. The molecule has 0 aromatic heterocycles. The van der Waals surface area contributed by atoms with Crippen LogP contribution in [-0.2, 0) is 0 Å². The first kappa shape index (κ1) is 13.1. The molecule has 1 aromatic rings. The zero-order valence-corrected chi connectivity index (χ0v) is 10.2. The Morgan fingerprint density at radius 2 is 2.29 bits per heavy atom. The zero-order chi connectivity index (χ0) is 9.68. The summed E-state index contributed by atoms with van der Waals surface area (Å²) in [4.78, 5) is 0. The minimum Gasteiger partial charge on any atom is -0.877 e. The maximum atomic E-state index is 10.4. The number of ether oxygens (including phenoxy) is 1. The van der Waals surface area contributed by atoms with Crippen molar-refractivity contribution in [2.75, 3.05) is 7.11 Å². The van der Waals surface area contributed by atoms with Gasteiger partial charge in [0.2, 0.25) is 0 Å². The number of allylic oxidation sites excluding steroid dienone is 1. The summed E-state index contributed by atoms with van der Waals surface area (Å²) in [5.74, 6) is 0.632. The van der Waals surface area contributed by atoms with E-state index < -0.39 is 0 Å². The van der Waals surface area contributed by atoms with Gasteiger partial charge in [0.25, 0.3) is 0 Å². The van der Waals surface area contributed by atoms with Crippen LogP contribution in [0.1, 0.15) is 5.56 Å². The van der Waals surface area contributed by atoms with Crippen LogP contribution in [-0.4, -0.2) is 7.11 Å². The molecular weight excluding hydrogens is 189 g/mol. The first-order chi connectivity index (χ1) is 6.31. The largest absolute Gasteiger partial charge is 1.00 e. The fraction of sp³-hybridized carbons (Fsp3) is 0.100. The van der Waals surface area contributed by atoms with Crippen LogP contribution in [0, 0.1) is 11.3 Å². The van der Waals surface area contributed by atoms with E-state index in [9.17, 15) is 5.11 Å². The third-order valence-corrected chi connectivity index (χ3v) is 1.62. The van der Waals surface area contributed by atoms with Crippen molar-refractivity contribution in [1.82, 2.24) is 0 Å². The average Bonchev–Trinajstić information content (AvgIpc) is 2.20. The molecule has 0 spiro atoms. The van der Waals surface area contributed by atoms with Crippen LogP contribution in [0.4, 0.5) is 0 Å². The van der Waals surface area contributed by atoms with Crippen LogP contribution in [0.2, 0.25) is 0 Å². The van der Waals surface area contributed by atoms with Gasteiger partial charge in [-0.2, -0.15) is 5.26 Å². The monoisotopic (exact) mass is 197 g/mol. The Kier molecular flexibility index (Phi) is 6.06. The number of rotatable bonds is 2. The standard InChI is InChI=1S/C10H9NO2.Na/c1-13-10-4-2-3-8(5-10)9(6-11)7-12;/h2-5,7,12H,1H3;/q;+1/p-1/b9-7+;. The number of methoxy groups -OCH3 is 1. The summed E-state index contributed by atoms with van der Waals surface area (Å²) >= 11 is 0. The third kappa shape index (κ3) is 3.08. The van der Waals surface area contributed by atoms with E-state index in [1.165, 1.54) is 7.11 Å². The van der Waals surface area contributed by atoms with Gasteiger partial charge < -0.3 is 9.84 Å². The van der Waals surface area contributed by atoms with Crippen molar-refractivity contribution >= 4 is 5.57 Å². The molecule has 3 nitrogen and oxygen atoms in total. The van der Waals surface area contributed by atoms with Crippen molar-refractivity contribution < 1.29 is 39.4 Å². The minimum atomic E-state index is 0. The predicted molar refractivity (Wildman–Crippen MR) is 46.6 cm³/mol. The first-order valence-electron chi connectivity index (χ1n) is 3.68. The van der Waals surface area contributed by atoms with Crippen molar-refractivity contribution in [2.24, 2.45) is 0 Å². The normalized spacial score (nSPS) is 9.86. The van der Waals surface area contributed by atoms with E-state index in [0.29, 0.717) is 17.6 Å². The van der Waals surface area contributed by atoms with Crippen LogP contribution in [0.15, 0.2) is 30.5 Å². The number of nitriles is 1. The second kappa shape index (κ2) is 6.50. The molecule has 0 saturated heterocycles. The Bertz CT molecular complexity index is 369. The molecule has 0 saturated carbocycles. The topological polar surface area (TPSA) is 56.1 Å². The molecule has 0 amide bonds. The number of hydrogen-bond acceptors (Lipinski definition) is 3. The Labute approximate surface area is 105 Å². The van der Waals surface area contributed by atoms with Crippen molar-refractivity contribution in [3.63, 3.8) is 0 Å². The molecule has 0 N–H and O–H groups in total. The molecule has 0 radical (unpaired) electrons. The predicted octanol–water partition coefficient (Wildman–Crippen LogP) is -2.08. The van der Waals surface area contributed by atoms with Crippen molar-refractivity contribution in [1.29, 1.82) is 5.26 Å². The smallest absolute Gasteiger partial charge is 0.877 e. The van der Waals surface area contributed by atoms with Crippen LogP contribution in [0.5, 0.6) is 5.75 Å². The van der Waals surface area contributed by atoms with Crippen LogP contribution in [0.25, 0.3) is 5.57 Å². The van der Waals surface area contributed by atoms with Gasteiger partial charge in [0.05, 0.1) is 13.2 Å². The molecule has 0 atom stereocenters. The summed E-state index contributed by atoms with van der Waals surface area (Å²) in [5.41, 5.74) is 0.691. The Morgan fingerprint density at radius 3 is 2.79 bits per heavy atom. The molecular formula is C10H8NNaO2. The van der Waals surface area contributed by atoms with E-state index in [4.69, 9.17) is 10.00 Å². The molecule has 1 rings (SSSR count). The average molecular weight is 197 g/mol. The van der Waals surface area contributed by atoms with Crippen molar-refractivity contribution in [2.45, 2.75) is 0 Å². The molecule has 0 aliphatic heterocycles. The number of nitrogens with zero attached hydrogens (tertiary/aromatic N) is 1. The molecule has 0 unspecified atom stereocenters. The maximum Gasteiger partial charge on any atom is 1.00 e. The van der Waals surface area contributed by atoms with Gasteiger partial charge in [0.15, 0.2) is 0 Å². The van der Waals surface area contributed by atoms with E-state index in [-0.39, 0.29) is 35.1 Å². The zero-order valence-electron chi connectivity index (χ0n) is 8.15. The van der Waals surface area contributed by atoms with Crippen LogP contribution in [0.3, 0.4) is 0 Å². The van der Waals surface area contributed by atoms with E-state index in [0.717, 1.165) is 0 Å². The van der Waals surface area contributed by atoms with E-state index in [2.05, 4.69) is 0 Å². The Balaban J connectivity index is 0.00000169. The molecule has 1 aromatic carbocycles. The summed E-state index contributed by atoms with van der Waals surface area (Å²) in [6.07, 6.45) is 0.536. The number of hydrogen-bond donors (Lipinski definition) is 0. The molecule has 4 heteroatoms. The quantitative estimate of drug-likeness (QED) is 0.311. The van der Waals surface area contributed by atoms with Gasteiger partial charge in [-0.3, -0.25) is 0 Å². The summed E-state index contributed by atoms with van der Waals surface area (Å²) < 4.78 is 4.96. The SMILES string of the molecule is COc1cccc(/C(C#N)=C/[O-])c1.[Na+]. The second-order valence-corrected chi connectivity index (χ2v) is 2.38. The van der Waals surface area contributed by atoms with Gasteiger partial charge in [-0.25, -0.2) is 0 Å². The van der Waals surface area contributed by atoms with Gasteiger partial charge in [-0.1, -0.05) is 12.1 Å². The fourth-order valence-electron chi connectivity index (χ4n) is 0.950. The third-order valence-electron chi connectivity index (χ3n) is 1.62. The van der Waals surface area contributed by atoms with Crippen molar-refractivity contribution in [3.8, 4) is 11.8 Å². The van der Waals surface area contributed by atoms with Crippen LogP contribution >= 0.6 is 0 Å². The molecule has 66 valence electrons. The molecule has 0 bridgehead atoms. The summed E-state index contributed by atoms with van der Waals surface area (Å²) in [5, 5.41) is 19.0. The Morgan fingerprint density at radius 1 is 1.57 bits per heavy atom. The summed E-state index contributed by atoms with van der Waals surface area (Å²) in [6.45, 7) is 0. The van der Waals surface area contributed by atoms with Crippen LogP contribution < -0.4 is 39.4 Å². The fourth-order valence-corrected chi connectivity index (χ4v) is 0.950. The van der Waals surface area contributed by atoms with E-state index in [1.54, 1.807) is 24.3 Å². The van der Waals surface area contributed by atoms with E-state index in [1.807, 2.05) is 6.07 Å². The van der Waals surface area contributed by atoms with Gasteiger partial charge >= 0.3 is 29.6 Å². The second-order valence-electron chi connectivity index (χ2n) is 2.38. The Hall–Kier alpha value is -0.950. The van der Waals surface area contributed by atoms with Gasteiger partial charge in [0, 0.05) is 5.57 Å². The summed E-state index contributed by atoms with van der Waals surface area (Å²) in [6, 6.07) is 8.63. The minimum absolute atomic E-state index is 0. The van der Waals surface area contributed by atoms with Gasteiger partial charge in [-0.15, -0.1) is 6.26 Å². The molecule has 0 aliphatic rings. The van der Waals surface area contributed by atoms with E-state index >= 15 is 0 Å². The molecule has 0 fully saturated rings. The molecule has 14 heavy (non-hydrogen) atoms. The molecule has 0 aliphatic carbocycles.